The van der Waals surface area contributed by atoms with Crippen molar-refractivity contribution in [3.05, 3.63) is 29.6 Å². The third-order valence-electron chi connectivity index (χ3n) is 2.60. The monoisotopic (exact) mass is 288 g/mol. The Bertz CT molecular complexity index is 351. The molecule has 1 unspecified atom stereocenters. The van der Waals surface area contributed by atoms with Gasteiger partial charge in [0.25, 0.3) is 0 Å². The number of ether oxygens (including phenoxy) is 2. The first kappa shape index (κ1) is 11.9. The average molecular weight is 289 g/mol. The molecule has 88 valence electrons. The van der Waals surface area contributed by atoms with Gasteiger partial charge in [0.05, 0.1) is 13.2 Å². The summed E-state index contributed by atoms with van der Waals surface area (Å²) in [6.45, 7) is 2.16. The second-order valence-corrected chi connectivity index (χ2v) is 4.53. The van der Waals surface area contributed by atoms with E-state index in [2.05, 4.69) is 15.9 Å². The molecule has 1 atom stereocenters. The Hall–Kier alpha value is -0.610. The van der Waals surface area contributed by atoms with Crippen molar-refractivity contribution >= 4 is 15.9 Å². The minimum absolute atomic E-state index is 0.255. The molecule has 1 aromatic rings. The minimum atomic E-state index is -0.255. The van der Waals surface area contributed by atoms with Crippen molar-refractivity contribution in [2.75, 3.05) is 19.8 Å². The lowest BCUT2D eigenvalue weighted by molar-refractivity contribution is 0.167. The first-order valence-electron chi connectivity index (χ1n) is 5.34. The summed E-state index contributed by atoms with van der Waals surface area (Å²) in [4.78, 5) is 0. The van der Waals surface area contributed by atoms with Crippen LogP contribution in [0.2, 0.25) is 0 Å². The van der Waals surface area contributed by atoms with E-state index in [1.807, 2.05) is 6.07 Å². The summed E-state index contributed by atoms with van der Waals surface area (Å²) in [6.07, 6.45) is 1.03. The topological polar surface area (TPSA) is 18.5 Å². The molecule has 0 aliphatic carbocycles. The van der Waals surface area contributed by atoms with Crippen LogP contribution in [0.25, 0.3) is 0 Å². The molecule has 16 heavy (non-hydrogen) atoms. The Labute approximate surface area is 103 Å². The summed E-state index contributed by atoms with van der Waals surface area (Å²) in [5.41, 5.74) is 0.887. The van der Waals surface area contributed by atoms with E-state index < -0.39 is 0 Å². The van der Waals surface area contributed by atoms with Gasteiger partial charge in [-0.15, -0.1) is 0 Å². The number of alkyl halides is 1. The zero-order valence-electron chi connectivity index (χ0n) is 8.92. The highest BCUT2D eigenvalue weighted by atomic mass is 79.9. The number of hydrogen-bond acceptors (Lipinski definition) is 2. The molecule has 1 fully saturated rings. The van der Waals surface area contributed by atoms with Gasteiger partial charge in [-0.1, -0.05) is 15.9 Å². The largest absolute Gasteiger partial charge is 0.493 e. The Kier molecular flexibility index (Phi) is 4.18. The van der Waals surface area contributed by atoms with Crippen LogP contribution < -0.4 is 4.74 Å². The minimum Gasteiger partial charge on any atom is -0.493 e. The lowest BCUT2D eigenvalue weighted by Crippen LogP contribution is -2.11. The van der Waals surface area contributed by atoms with Crippen molar-refractivity contribution in [1.82, 2.24) is 0 Å². The number of rotatable bonds is 4. The maximum Gasteiger partial charge on any atom is 0.127 e. The van der Waals surface area contributed by atoms with Crippen LogP contribution in [0.1, 0.15) is 12.0 Å². The predicted octanol–water partition coefficient (Wildman–Crippen LogP) is 3.14. The molecule has 2 nitrogen and oxygen atoms in total. The van der Waals surface area contributed by atoms with E-state index in [1.165, 1.54) is 12.1 Å². The molecule has 4 heteroatoms. The quantitative estimate of drug-likeness (QED) is 0.793. The van der Waals surface area contributed by atoms with Gasteiger partial charge in [0, 0.05) is 23.9 Å². The molecule has 2 rings (SSSR count). The molecule has 1 heterocycles. The van der Waals surface area contributed by atoms with E-state index >= 15 is 0 Å². The van der Waals surface area contributed by atoms with Gasteiger partial charge in [-0.2, -0.15) is 0 Å². The molecule has 1 aliphatic rings. The molecule has 0 bridgehead atoms. The SMILES string of the molecule is Fc1cc(CBr)cc(OCC2CCOC2)c1. The van der Waals surface area contributed by atoms with Crippen LogP contribution in [0.5, 0.6) is 5.75 Å². The molecule has 0 aromatic heterocycles. The van der Waals surface area contributed by atoms with Crippen LogP contribution in [0.4, 0.5) is 4.39 Å². The van der Waals surface area contributed by atoms with Crippen molar-refractivity contribution in [2.45, 2.75) is 11.8 Å². The summed E-state index contributed by atoms with van der Waals surface area (Å²) in [5.74, 6) is 0.784. The fraction of sp³-hybridized carbons (Fsp3) is 0.500. The highest BCUT2D eigenvalue weighted by molar-refractivity contribution is 9.08. The predicted molar refractivity (Wildman–Crippen MR) is 63.5 cm³/mol. The third-order valence-corrected chi connectivity index (χ3v) is 3.24. The standard InChI is InChI=1S/C12H14BrFO2/c13-6-10-3-11(14)5-12(4-10)16-8-9-1-2-15-7-9/h3-5,9H,1-2,6-8H2. The van der Waals surface area contributed by atoms with Crippen LogP contribution in [-0.4, -0.2) is 19.8 Å². The number of hydrogen-bond donors (Lipinski definition) is 0. The van der Waals surface area contributed by atoms with Gasteiger partial charge in [-0.25, -0.2) is 4.39 Å². The lowest BCUT2D eigenvalue weighted by atomic mass is 10.1. The van der Waals surface area contributed by atoms with Gasteiger partial charge >= 0.3 is 0 Å². The molecule has 0 radical (unpaired) electrons. The van der Waals surface area contributed by atoms with Gasteiger partial charge < -0.3 is 9.47 Å². The molecule has 0 amide bonds. The average Bonchev–Trinajstić information content (AvgIpc) is 2.78. The summed E-state index contributed by atoms with van der Waals surface area (Å²) in [7, 11) is 0. The van der Waals surface area contributed by atoms with E-state index in [4.69, 9.17) is 9.47 Å². The zero-order chi connectivity index (χ0) is 11.4. The summed E-state index contributed by atoms with van der Waals surface area (Å²) in [6, 6.07) is 4.77. The summed E-state index contributed by atoms with van der Waals surface area (Å²) < 4.78 is 24.0. The molecular formula is C12H14BrFO2. The van der Waals surface area contributed by atoms with Crippen molar-refractivity contribution in [1.29, 1.82) is 0 Å². The van der Waals surface area contributed by atoms with E-state index in [0.717, 1.165) is 25.2 Å². The molecule has 0 N–H and O–H groups in total. The highest BCUT2D eigenvalue weighted by Crippen LogP contribution is 2.20. The highest BCUT2D eigenvalue weighted by Gasteiger charge is 2.16. The Morgan fingerprint density at radius 1 is 1.44 bits per heavy atom. The van der Waals surface area contributed by atoms with Gasteiger partial charge in [0.1, 0.15) is 11.6 Å². The lowest BCUT2D eigenvalue weighted by Gasteiger charge is -2.11. The van der Waals surface area contributed by atoms with Crippen LogP contribution in [0, 0.1) is 11.7 Å². The Morgan fingerprint density at radius 3 is 3.00 bits per heavy atom. The number of halogens is 2. The van der Waals surface area contributed by atoms with E-state index in [0.29, 0.717) is 23.6 Å². The first-order chi connectivity index (χ1) is 7.78. The summed E-state index contributed by atoms with van der Waals surface area (Å²) >= 11 is 3.30. The third kappa shape index (κ3) is 3.19. The van der Waals surface area contributed by atoms with Gasteiger partial charge in [0.15, 0.2) is 0 Å². The molecule has 1 aromatic carbocycles. The summed E-state index contributed by atoms with van der Waals surface area (Å²) in [5, 5.41) is 0.633. The van der Waals surface area contributed by atoms with Crippen molar-refractivity contribution in [2.24, 2.45) is 5.92 Å². The van der Waals surface area contributed by atoms with Crippen LogP contribution >= 0.6 is 15.9 Å². The van der Waals surface area contributed by atoms with Crippen LogP contribution in [0.3, 0.4) is 0 Å². The van der Waals surface area contributed by atoms with Crippen LogP contribution in [0.15, 0.2) is 18.2 Å². The van der Waals surface area contributed by atoms with Gasteiger partial charge in [-0.3, -0.25) is 0 Å². The van der Waals surface area contributed by atoms with E-state index in [9.17, 15) is 4.39 Å². The zero-order valence-corrected chi connectivity index (χ0v) is 10.5. The van der Waals surface area contributed by atoms with Crippen molar-refractivity contribution in [3.8, 4) is 5.75 Å². The van der Waals surface area contributed by atoms with Crippen molar-refractivity contribution in [3.63, 3.8) is 0 Å². The maximum atomic E-state index is 13.2. The molecule has 1 aliphatic heterocycles. The first-order valence-corrected chi connectivity index (χ1v) is 6.46. The maximum absolute atomic E-state index is 13.2. The Morgan fingerprint density at radius 2 is 2.31 bits per heavy atom. The van der Waals surface area contributed by atoms with Crippen molar-refractivity contribution < 1.29 is 13.9 Å². The number of benzene rings is 1. The van der Waals surface area contributed by atoms with Crippen LogP contribution in [-0.2, 0) is 10.1 Å². The molecule has 0 saturated carbocycles. The normalized spacial score (nSPS) is 20.0. The second-order valence-electron chi connectivity index (χ2n) is 3.97. The molecule has 1 saturated heterocycles. The fourth-order valence-electron chi connectivity index (χ4n) is 1.71. The van der Waals surface area contributed by atoms with E-state index in [1.54, 1.807) is 0 Å². The molecule has 0 spiro atoms. The molecular weight excluding hydrogens is 275 g/mol. The fourth-order valence-corrected chi connectivity index (χ4v) is 2.03. The van der Waals surface area contributed by atoms with E-state index in [-0.39, 0.29) is 5.82 Å². The van der Waals surface area contributed by atoms with Gasteiger partial charge in [-0.05, 0) is 24.1 Å². The van der Waals surface area contributed by atoms with Gasteiger partial charge in [0.2, 0.25) is 0 Å². The second kappa shape index (κ2) is 5.64. The smallest absolute Gasteiger partial charge is 0.127 e. The Balaban J connectivity index is 1.94.